The molecule has 2 aromatic rings. The van der Waals surface area contributed by atoms with Crippen LogP contribution in [-0.2, 0) is 18.4 Å². The van der Waals surface area contributed by atoms with Crippen molar-refractivity contribution in [3.05, 3.63) is 20.8 Å². The van der Waals surface area contributed by atoms with E-state index in [1.165, 1.54) is 23.0 Å². The minimum Gasteiger partial charge on any atom is -0.352 e. The Morgan fingerprint density at radius 1 is 1.32 bits per heavy atom. The molecule has 9 heteroatoms. The molecule has 0 aliphatic carbocycles. The minimum absolute atomic E-state index is 0.0295. The fourth-order valence-corrected chi connectivity index (χ4v) is 3.98. The number of carbonyl (C=O) groups excluding carboxylic acids is 1. The molecule has 0 saturated carbocycles. The number of rotatable bonds is 5. The summed E-state index contributed by atoms with van der Waals surface area (Å²) in [5.74, 6) is -0.257. The summed E-state index contributed by atoms with van der Waals surface area (Å²) < 4.78 is 2.76. The molecule has 0 bridgehead atoms. The first-order valence-electron chi connectivity index (χ1n) is 8.57. The van der Waals surface area contributed by atoms with Crippen LogP contribution >= 0.6 is 11.3 Å². The third-order valence-electron chi connectivity index (χ3n) is 4.57. The van der Waals surface area contributed by atoms with Gasteiger partial charge in [0, 0.05) is 26.2 Å². The van der Waals surface area contributed by atoms with Gasteiger partial charge in [-0.3, -0.25) is 18.7 Å². The standard InChI is InChI=1S/C16H23N5O3S/c1-4-10(2)17-11(22)9-21-13-12(14(23)19(3)16(21)24)25-15(18-13)20-7-5-6-8-20/h10H,4-9H2,1-3H3,(H,17,22)/t10-/m1/s1. The molecule has 1 aliphatic rings. The zero-order valence-corrected chi connectivity index (χ0v) is 15.6. The zero-order chi connectivity index (χ0) is 18.1. The molecule has 0 radical (unpaired) electrons. The Labute approximate surface area is 149 Å². The third-order valence-corrected chi connectivity index (χ3v) is 5.66. The summed E-state index contributed by atoms with van der Waals surface area (Å²) in [5, 5.41) is 3.59. The minimum atomic E-state index is -0.518. The number of nitrogens with zero attached hydrogens (tertiary/aromatic N) is 4. The largest absolute Gasteiger partial charge is 0.352 e. The number of anilines is 1. The van der Waals surface area contributed by atoms with Crippen molar-refractivity contribution in [1.29, 1.82) is 0 Å². The quantitative estimate of drug-likeness (QED) is 0.841. The van der Waals surface area contributed by atoms with Crippen LogP contribution in [0.4, 0.5) is 5.13 Å². The molecular formula is C16H23N5O3S. The van der Waals surface area contributed by atoms with E-state index in [-0.39, 0.29) is 24.1 Å². The summed E-state index contributed by atoms with van der Waals surface area (Å²) in [6.45, 7) is 5.55. The lowest BCUT2D eigenvalue weighted by Crippen LogP contribution is -2.42. The Hall–Kier alpha value is -2.16. The van der Waals surface area contributed by atoms with Gasteiger partial charge in [-0.25, -0.2) is 9.78 Å². The zero-order valence-electron chi connectivity index (χ0n) is 14.7. The second kappa shape index (κ2) is 6.99. The van der Waals surface area contributed by atoms with Gasteiger partial charge in [0.25, 0.3) is 5.56 Å². The number of hydrogen-bond donors (Lipinski definition) is 1. The van der Waals surface area contributed by atoms with E-state index in [2.05, 4.69) is 15.2 Å². The van der Waals surface area contributed by atoms with Gasteiger partial charge in [-0.2, -0.15) is 0 Å². The monoisotopic (exact) mass is 365 g/mol. The van der Waals surface area contributed by atoms with Crippen molar-refractivity contribution >= 4 is 32.7 Å². The van der Waals surface area contributed by atoms with Gasteiger partial charge in [-0.05, 0) is 26.2 Å². The maximum atomic E-state index is 12.5. The van der Waals surface area contributed by atoms with Crippen molar-refractivity contribution in [2.45, 2.75) is 45.7 Å². The van der Waals surface area contributed by atoms with Crippen LogP contribution in [0.25, 0.3) is 10.3 Å². The summed E-state index contributed by atoms with van der Waals surface area (Å²) >= 11 is 1.29. The molecule has 1 fully saturated rings. The second-order valence-corrected chi connectivity index (χ2v) is 7.43. The van der Waals surface area contributed by atoms with Crippen LogP contribution in [-0.4, -0.2) is 39.2 Å². The molecule has 25 heavy (non-hydrogen) atoms. The molecule has 8 nitrogen and oxygen atoms in total. The predicted molar refractivity (Wildman–Crippen MR) is 98.5 cm³/mol. The third kappa shape index (κ3) is 3.33. The highest BCUT2D eigenvalue weighted by atomic mass is 32.1. The Kier molecular flexibility index (Phi) is 4.94. The van der Waals surface area contributed by atoms with Gasteiger partial charge in [0.05, 0.1) is 0 Å². The van der Waals surface area contributed by atoms with Crippen LogP contribution in [0.5, 0.6) is 0 Å². The first-order valence-corrected chi connectivity index (χ1v) is 9.38. The van der Waals surface area contributed by atoms with Gasteiger partial charge in [-0.15, -0.1) is 0 Å². The van der Waals surface area contributed by atoms with Crippen molar-refractivity contribution in [2.24, 2.45) is 7.05 Å². The lowest BCUT2D eigenvalue weighted by Gasteiger charge is -2.13. The molecular weight excluding hydrogens is 342 g/mol. The van der Waals surface area contributed by atoms with Gasteiger partial charge in [0.1, 0.15) is 11.2 Å². The van der Waals surface area contributed by atoms with E-state index in [1.807, 2.05) is 13.8 Å². The average Bonchev–Trinajstić information content (AvgIpc) is 3.25. The number of nitrogens with one attached hydrogen (secondary N) is 1. The molecule has 2 aromatic heterocycles. The molecule has 1 atom stereocenters. The molecule has 0 aromatic carbocycles. The van der Waals surface area contributed by atoms with E-state index in [4.69, 9.17) is 0 Å². The molecule has 1 N–H and O–H groups in total. The van der Waals surface area contributed by atoms with Crippen LogP contribution in [0.1, 0.15) is 33.1 Å². The number of amides is 1. The Morgan fingerprint density at radius 3 is 2.64 bits per heavy atom. The Balaban J connectivity index is 2.05. The maximum absolute atomic E-state index is 12.5. The summed E-state index contributed by atoms with van der Waals surface area (Å²) in [4.78, 5) is 43.9. The van der Waals surface area contributed by atoms with Crippen LogP contribution in [0, 0.1) is 0 Å². The number of thiazole rings is 1. The van der Waals surface area contributed by atoms with E-state index in [0.717, 1.165) is 42.1 Å². The van der Waals surface area contributed by atoms with Gasteiger partial charge in [-0.1, -0.05) is 18.3 Å². The summed E-state index contributed by atoms with van der Waals surface area (Å²) in [5.41, 5.74) is -0.573. The van der Waals surface area contributed by atoms with Crippen molar-refractivity contribution in [3.63, 3.8) is 0 Å². The number of aromatic nitrogens is 3. The fourth-order valence-electron chi connectivity index (χ4n) is 2.89. The van der Waals surface area contributed by atoms with Crippen LogP contribution in [0.2, 0.25) is 0 Å². The van der Waals surface area contributed by atoms with E-state index in [9.17, 15) is 14.4 Å². The maximum Gasteiger partial charge on any atom is 0.332 e. The van der Waals surface area contributed by atoms with Gasteiger partial charge < -0.3 is 10.2 Å². The summed E-state index contributed by atoms with van der Waals surface area (Å²) in [6, 6.07) is 0.0295. The Bertz CT molecular complexity index is 907. The number of carbonyl (C=O) groups is 1. The molecule has 3 heterocycles. The number of fused-ring (bicyclic) bond motifs is 1. The van der Waals surface area contributed by atoms with Crippen LogP contribution < -0.4 is 21.5 Å². The van der Waals surface area contributed by atoms with Crippen LogP contribution in [0.3, 0.4) is 0 Å². The summed E-state index contributed by atoms with van der Waals surface area (Å²) in [6.07, 6.45) is 3.00. The van der Waals surface area contributed by atoms with E-state index >= 15 is 0 Å². The van der Waals surface area contributed by atoms with Crippen molar-refractivity contribution < 1.29 is 4.79 Å². The SMILES string of the molecule is CC[C@@H](C)NC(=O)Cn1c(=O)n(C)c(=O)c2sc(N3CCCC3)nc21. The predicted octanol–water partition coefficient (Wildman–Crippen LogP) is 0.672. The molecule has 0 unspecified atom stereocenters. The molecule has 0 spiro atoms. The molecule has 1 amide bonds. The second-order valence-electron chi connectivity index (χ2n) is 6.45. The highest BCUT2D eigenvalue weighted by molar-refractivity contribution is 7.22. The molecule has 3 rings (SSSR count). The van der Waals surface area contributed by atoms with Crippen molar-refractivity contribution in [2.75, 3.05) is 18.0 Å². The number of hydrogen-bond acceptors (Lipinski definition) is 6. The van der Waals surface area contributed by atoms with Crippen molar-refractivity contribution in [3.8, 4) is 0 Å². The lowest BCUT2D eigenvalue weighted by atomic mass is 10.2. The van der Waals surface area contributed by atoms with E-state index < -0.39 is 5.69 Å². The first-order chi connectivity index (χ1) is 11.9. The molecule has 1 aliphatic heterocycles. The first kappa shape index (κ1) is 17.7. The van der Waals surface area contributed by atoms with Crippen LogP contribution in [0.15, 0.2) is 9.59 Å². The highest BCUT2D eigenvalue weighted by Crippen LogP contribution is 2.28. The van der Waals surface area contributed by atoms with E-state index in [0.29, 0.717) is 10.3 Å². The highest BCUT2D eigenvalue weighted by Gasteiger charge is 2.22. The average molecular weight is 365 g/mol. The summed E-state index contributed by atoms with van der Waals surface area (Å²) in [7, 11) is 1.43. The fraction of sp³-hybridized carbons (Fsp3) is 0.625. The van der Waals surface area contributed by atoms with E-state index in [1.54, 1.807) is 0 Å². The lowest BCUT2D eigenvalue weighted by molar-refractivity contribution is -0.122. The van der Waals surface area contributed by atoms with Gasteiger partial charge >= 0.3 is 5.69 Å². The molecule has 136 valence electrons. The Morgan fingerprint density at radius 2 is 2.00 bits per heavy atom. The smallest absolute Gasteiger partial charge is 0.332 e. The van der Waals surface area contributed by atoms with Crippen molar-refractivity contribution in [1.82, 2.24) is 19.4 Å². The topological polar surface area (TPSA) is 89.2 Å². The van der Waals surface area contributed by atoms with Gasteiger partial charge in [0.2, 0.25) is 5.91 Å². The normalized spacial score (nSPS) is 15.7. The molecule has 1 saturated heterocycles. The van der Waals surface area contributed by atoms with Gasteiger partial charge in [0.15, 0.2) is 10.8 Å².